The lowest BCUT2D eigenvalue weighted by atomic mass is 10.2. The van der Waals surface area contributed by atoms with Crippen LogP contribution in [0.25, 0.3) is 16.6 Å². The van der Waals surface area contributed by atoms with Gasteiger partial charge < -0.3 is 10.1 Å². The molecule has 0 radical (unpaired) electrons. The van der Waals surface area contributed by atoms with Gasteiger partial charge in [-0.1, -0.05) is 35.9 Å². The highest BCUT2D eigenvalue weighted by molar-refractivity contribution is 6.35. The molecule has 1 aromatic heterocycles. The van der Waals surface area contributed by atoms with Crippen molar-refractivity contribution in [2.24, 2.45) is 0 Å². The summed E-state index contributed by atoms with van der Waals surface area (Å²) < 4.78 is 6.45. The minimum atomic E-state index is -0.685. The molecule has 1 N–H and O–H groups in total. The number of hydrogen-bond acceptors (Lipinski definition) is 4. The van der Waals surface area contributed by atoms with Crippen molar-refractivity contribution in [2.45, 2.75) is 6.92 Å². The third-order valence-electron chi connectivity index (χ3n) is 3.34. The molecule has 24 heavy (non-hydrogen) atoms. The molecule has 6 nitrogen and oxygen atoms in total. The quantitative estimate of drug-likeness (QED) is 0.792. The van der Waals surface area contributed by atoms with Crippen LogP contribution < -0.4 is 15.6 Å². The van der Waals surface area contributed by atoms with Crippen molar-refractivity contribution in [1.82, 2.24) is 14.9 Å². The van der Waals surface area contributed by atoms with E-state index in [1.54, 1.807) is 49.4 Å². The van der Waals surface area contributed by atoms with Crippen molar-refractivity contribution in [3.63, 3.8) is 0 Å². The first-order chi connectivity index (χ1) is 11.6. The number of rotatable bonds is 3. The molecule has 3 rings (SSSR count). The van der Waals surface area contributed by atoms with Gasteiger partial charge in [0.25, 0.3) is 5.56 Å². The standard InChI is InChI=1S/C17H14ClN3O3/c1-2-19-17(23)24-16-20-13-10-6-9-12(18)14(13)15(22)21(16)11-7-4-3-5-8-11/h3-10H,2H2,1H3,(H,19,23). The number of benzene rings is 2. The van der Waals surface area contributed by atoms with Gasteiger partial charge in [0.2, 0.25) is 0 Å². The molecule has 0 aliphatic rings. The number of para-hydroxylation sites is 1. The van der Waals surface area contributed by atoms with Crippen LogP contribution in [0.1, 0.15) is 6.92 Å². The Kier molecular flexibility index (Phi) is 4.48. The minimum Gasteiger partial charge on any atom is -0.375 e. The molecule has 0 saturated heterocycles. The molecule has 0 aliphatic carbocycles. The van der Waals surface area contributed by atoms with Gasteiger partial charge in [-0.15, -0.1) is 0 Å². The van der Waals surface area contributed by atoms with E-state index in [1.807, 2.05) is 6.07 Å². The average Bonchev–Trinajstić information content (AvgIpc) is 2.56. The number of nitrogens with zero attached hydrogens (tertiary/aromatic N) is 2. The van der Waals surface area contributed by atoms with Gasteiger partial charge in [-0.05, 0) is 31.2 Å². The molecule has 0 spiro atoms. The largest absolute Gasteiger partial charge is 0.415 e. The van der Waals surface area contributed by atoms with E-state index in [1.165, 1.54) is 4.57 Å². The Hall–Kier alpha value is -2.86. The maximum atomic E-state index is 12.9. The molecular formula is C17H14ClN3O3. The number of halogens is 1. The van der Waals surface area contributed by atoms with Gasteiger partial charge in [0.05, 0.1) is 21.6 Å². The van der Waals surface area contributed by atoms with Crippen LogP contribution in [-0.4, -0.2) is 22.2 Å². The average molecular weight is 344 g/mol. The van der Waals surface area contributed by atoms with E-state index in [0.29, 0.717) is 22.8 Å². The van der Waals surface area contributed by atoms with Crippen LogP contribution in [0.2, 0.25) is 5.02 Å². The van der Waals surface area contributed by atoms with Crippen LogP contribution in [0.5, 0.6) is 6.01 Å². The molecule has 1 heterocycles. The van der Waals surface area contributed by atoms with Gasteiger partial charge in [0, 0.05) is 6.54 Å². The van der Waals surface area contributed by atoms with Gasteiger partial charge in [-0.25, -0.2) is 9.36 Å². The van der Waals surface area contributed by atoms with Crippen LogP contribution in [-0.2, 0) is 0 Å². The van der Waals surface area contributed by atoms with Gasteiger partial charge in [0.15, 0.2) is 0 Å². The van der Waals surface area contributed by atoms with Crippen LogP contribution in [0.3, 0.4) is 0 Å². The SMILES string of the molecule is CCNC(=O)Oc1nc2cccc(Cl)c2c(=O)n1-c1ccccc1. The maximum Gasteiger partial charge on any atom is 0.415 e. The minimum absolute atomic E-state index is 0.119. The normalized spacial score (nSPS) is 10.6. The van der Waals surface area contributed by atoms with Crippen molar-refractivity contribution >= 4 is 28.6 Å². The molecule has 1 amide bonds. The Labute approximate surface area is 142 Å². The highest BCUT2D eigenvalue weighted by Crippen LogP contribution is 2.23. The second-order valence-corrected chi connectivity index (χ2v) is 5.33. The van der Waals surface area contributed by atoms with E-state index in [0.717, 1.165) is 0 Å². The van der Waals surface area contributed by atoms with Crippen LogP contribution in [0.4, 0.5) is 4.79 Å². The summed E-state index contributed by atoms with van der Waals surface area (Å²) >= 11 is 6.16. The van der Waals surface area contributed by atoms with Gasteiger partial charge in [-0.2, -0.15) is 4.98 Å². The number of hydrogen-bond donors (Lipinski definition) is 1. The van der Waals surface area contributed by atoms with E-state index in [2.05, 4.69) is 10.3 Å². The zero-order valence-electron chi connectivity index (χ0n) is 12.8. The first-order valence-electron chi connectivity index (χ1n) is 7.34. The second-order valence-electron chi connectivity index (χ2n) is 4.92. The van der Waals surface area contributed by atoms with Gasteiger partial charge in [0.1, 0.15) is 0 Å². The summed E-state index contributed by atoms with van der Waals surface area (Å²) in [7, 11) is 0. The summed E-state index contributed by atoms with van der Waals surface area (Å²) in [5, 5.41) is 3.07. The van der Waals surface area contributed by atoms with Gasteiger partial charge in [-0.3, -0.25) is 4.79 Å². The number of fused-ring (bicyclic) bond motifs is 1. The predicted molar refractivity (Wildman–Crippen MR) is 92.1 cm³/mol. The predicted octanol–water partition coefficient (Wildman–Crippen LogP) is 3.15. The van der Waals surface area contributed by atoms with E-state index in [-0.39, 0.29) is 11.4 Å². The summed E-state index contributed by atoms with van der Waals surface area (Å²) in [6.07, 6.45) is -0.685. The summed E-state index contributed by atoms with van der Waals surface area (Å²) in [5.41, 5.74) is 0.478. The highest BCUT2D eigenvalue weighted by atomic mass is 35.5. The number of carbonyl (C=O) groups excluding carboxylic acids is 1. The maximum absolute atomic E-state index is 12.9. The smallest absolute Gasteiger partial charge is 0.375 e. The van der Waals surface area contributed by atoms with Crippen LogP contribution in [0, 0.1) is 0 Å². The fraction of sp³-hybridized carbons (Fsp3) is 0.118. The molecule has 3 aromatic rings. The third-order valence-corrected chi connectivity index (χ3v) is 3.65. The summed E-state index contributed by atoms with van der Waals surface area (Å²) in [5.74, 6) is 0. The summed E-state index contributed by atoms with van der Waals surface area (Å²) in [6, 6.07) is 13.6. The molecule has 122 valence electrons. The van der Waals surface area contributed by atoms with Crippen molar-refractivity contribution < 1.29 is 9.53 Å². The van der Waals surface area contributed by atoms with E-state index in [4.69, 9.17) is 16.3 Å². The van der Waals surface area contributed by atoms with Crippen LogP contribution >= 0.6 is 11.6 Å². The number of ether oxygens (including phenoxy) is 1. The number of nitrogens with one attached hydrogen (secondary N) is 1. The Morgan fingerprint density at radius 3 is 2.67 bits per heavy atom. The van der Waals surface area contributed by atoms with Crippen LogP contribution in [0.15, 0.2) is 53.3 Å². The molecule has 0 unspecified atom stereocenters. The molecule has 7 heteroatoms. The Bertz CT molecular complexity index is 954. The monoisotopic (exact) mass is 343 g/mol. The third kappa shape index (κ3) is 2.96. The molecule has 2 aromatic carbocycles. The number of carbonyl (C=O) groups is 1. The molecule has 0 saturated carbocycles. The lowest BCUT2D eigenvalue weighted by molar-refractivity contribution is 0.196. The summed E-state index contributed by atoms with van der Waals surface area (Å²) in [6.45, 7) is 2.16. The molecular weight excluding hydrogens is 330 g/mol. The Morgan fingerprint density at radius 1 is 1.21 bits per heavy atom. The second kappa shape index (κ2) is 6.72. The first kappa shape index (κ1) is 16.0. The summed E-state index contributed by atoms with van der Waals surface area (Å²) in [4.78, 5) is 29.0. The van der Waals surface area contributed by atoms with Crippen molar-refractivity contribution in [1.29, 1.82) is 0 Å². The molecule has 0 bridgehead atoms. The van der Waals surface area contributed by atoms with Crippen molar-refractivity contribution in [3.8, 4) is 11.7 Å². The van der Waals surface area contributed by atoms with Crippen molar-refractivity contribution in [3.05, 3.63) is 63.9 Å². The van der Waals surface area contributed by atoms with E-state index < -0.39 is 11.7 Å². The topological polar surface area (TPSA) is 73.2 Å². The van der Waals surface area contributed by atoms with E-state index >= 15 is 0 Å². The fourth-order valence-electron chi connectivity index (χ4n) is 2.31. The molecule has 0 atom stereocenters. The zero-order valence-corrected chi connectivity index (χ0v) is 13.6. The number of amides is 1. The molecule has 0 fully saturated rings. The first-order valence-corrected chi connectivity index (χ1v) is 7.72. The van der Waals surface area contributed by atoms with Gasteiger partial charge >= 0.3 is 12.1 Å². The lowest BCUT2D eigenvalue weighted by Gasteiger charge is -2.13. The van der Waals surface area contributed by atoms with E-state index in [9.17, 15) is 9.59 Å². The number of aromatic nitrogens is 2. The fourth-order valence-corrected chi connectivity index (χ4v) is 2.56. The Morgan fingerprint density at radius 2 is 1.96 bits per heavy atom. The highest BCUT2D eigenvalue weighted by Gasteiger charge is 2.18. The van der Waals surface area contributed by atoms with Crippen molar-refractivity contribution in [2.75, 3.05) is 6.54 Å². The zero-order chi connectivity index (χ0) is 17.1. The Balaban J connectivity index is 2.28. The molecule has 0 aliphatic heterocycles. The lowest BCUT2D eigenvalue weighted by Crippen LogP contribution is -2.30.